The van der Waals surface area contributed by atoms with Crippen LogP contribution in [0, 0.1) is 6.92 Å². The Morgan fingerprint density at radius 3 is 2.44 bits per heavy atom. The Bertz CT molecular complexity index is 1300. The molecule has 3 aromatic rings. The van der Waals surface area contributed by atoms with E-state index in [0.29, 0.717) is 24.5 Å². The summed E-state index contributed by atoms with van der Waals surface area (Å²) in [7, 11) is 0. The van der Waals surface area contributed by atoms with Crippen molar-refractivity contribution < 1.29 is 14.7 Å². The fourth-order valence-electron chi connectivity index (χ4n) is 3.86. The zero-order valence-electron chi connectivity index (χ0n) is 20.6. The van der Waals surface area contributed by atoms with Crippen molar-refractivity contribution in [1.82, 2.24) is 24.7 Å². The van der Waals surface area contributed by atoms with Crippen LogP contribution >= 0.6 is 11.3 Å². The Hall–Kier alpha value is -3.73. The lowest BCUT2D eigenvalue weighted by atomic mass is 10.1. The van der Waals surface area contributed by atoms with E-state index in [0.717, 1.165) is 30.1 Å². The number of pyridine rings is 1. The summed E-state index contributed by atoms with van der Waals surface area (Å²) in [4.78, 5) is 38.8. The monoisotopic (exact) mass is 510 g/mol. The maximum absolute atomic E-state index is 12.9. The number of carbonyl (C=O) groups is 2. The largest absolute Gasteiger partial charge is 0.502 e. The van der Waals surface area contributed by atoms with E-state index in [1.807, 2.05) is 45.0 Å². The van der Waals surface area contributed by atoms with Crippen LogP contribution in [0.25, 0.3) is 10.6 Å². The first kappa shape index (κ1) is 25.4. The molecule has 2 N–H and O–H groups in total. The van der Waals surface area contributed by atoms with Crippen LogP contribution in [0.4, 0.5) is 0 Å². The predicted octanol–water partition coefficient (Wildman–Crippen LogP) is 2.23. The summed E-state index contributed by atoms with van der Waals surface area (Å²) >= 11 is 1.30. The van der Waals surface area contributed by atoms with Crippen LogP contribution in [0.1, 0.15) is 46.9 Å². The lowest BCUT2D eigenvalue weighted by Crippen LogP contribution is -2.38. The molecule has 1 saturated heterocycles. The quantitative estimate of drug-likeness (QED) is 0.505. The third-order valence-corrected chi connectivity index (χ3v) is 7.07. The minimum atomic E-state index is -0.625. The minimum Gasteiger partial charge on any atom is -0.502 e. The SMILES string of the molecule is Cc1ccc(Cc2nnc(-c3cn4c(c(O)c3=O)C(=O)N(C(C)C)CCN4)s2)cc1.O=CN1CCC1. The van der Waals surface area contributed by atoms with E-state index in [2.05, 4.69) is 15.6 Å². The van der Waals surface area contributed by atoms with E-state index >= 15 is 0 Å². The Kier molecular flexibility index (Phi) is 7.68. The molecule has 190 valence electrons. The molecular weight excluding hydrogens is 480 g/mol. The van der Waals surface area contributed by atoms with Gasteiger partial charge >= 0.3 is 0 Å². The summed E-state index contributed by atoms with van der Waals surface area (Å²) < 4.78 is 1.43. The highest BCUT2D eigenvalue weighted by atomic mass is 32.1. The maximum atomic E-state index is 12.9. The number of aryl methyl sites for hydroxylation is 1. The van der Waals surface area contributed by atoms with Crippen LogP contribution in [-0.2, 0) is 11.2 Å². The van der Waals surface area contributed by atoms with Crippen molar-refractivity contribution >= 4 is 23.7 Å². The van der Waals surface area contributed by atoms with E-state index in [1.54, 1.807) is 9.80 Å². The molecule has 2 aliphatic heterocycles. The summed E-state index contributed by atoms with van der Waals surface area (Å²) in [6, 6.07) is 8.10. The highest BCUT2D eigenvalue weighted by molar-refractivity contribution is 7.14. The van der Waals surface area contributed by atoms with E-state index in [-0.39, 0.29) is 23.2 Å². The van der Waals surface area contributed by atoms with Gasteiger partial charge in [0.1, 0.15) is 5.01 Å². The van der Waals surface area contributed by atoms with Gasteiger partial charge in [-0.05, 0) is 32.8 Å². The first-order valence-corrected chi connectivity index (χ1v) is 12.7. The average Bonchev–Trinajstić information content (AvgIpc) is 3.20. The van der Waals surface area contributed by atoms with Crippen LogP contribution in [0.15, 0.2) is 35.3 Å². The molecule has 10 nitrogen and oxygen atoms in total. The number of aromatic nitrogens is 3. The molecule has 5 rings (SSSR count). The predicted molar refractivity (Wildman–Crippen MR) is 138 cm³/mol. The smallest absolute Gasteiger partial charge is 0.276 e. The van der Waals surface area contributed by atoms with Crippen LogP contribution in [0.5, 0.6) is 5.75 Å². The summed E-state index contributed by atoms with van der Waals surface area (Å²) in [6.45, 7) is 8.74. The highest BCUT2D eigenvalue weighted by Crippen LogP contribution is 2.26. The zero-order chi connectivity index (χ0) is 25.8. The molecule has 11 heteroatoms. The van der Waals surface area contributed by atoms with Gasteiger partial charge in [-0.2, -0.15) is 0 Å². The van der Waals surface area contributed by atoms with E-state index < -0.39 is 11.2 Å². The second kappa shape index (κ2) is 10.9. The normalized spacial score (nSPS) is 14.8. The van der Waals surface area contributed by atoms with Crippen molar-refractivity contribution in [2.75, 3.05) is 31.6 Å². The Morgan fingerprint density at radius 2 is 1.86 bits per heavy atom. The van der Waals surface area contributed by atoms with Crippen molar-refractivity contribution in [3.05, 3.63) is 62.5 Å². The molecule has 36 heavy (non-hydrogen) atoms. The van der Waals surface area contributed by atoms with Gasteiger partial charge in [0.05, 0.1) is 5.56 Å². The molecule has 0 unspecified atom stereocenters. The Morgan fingerprint density at radius 1 is 1.14 bits per heavy atom. The second-order valence-electron chi connectivity index (χ2n) is 9.10. The molecule has 0 aliphatic carbocycles. The molecule has 0 atom stereocenters. The van der Waals surface area contributed by atoms with Gasteiger partial charge in [-0.15, -0.1) is 10.2 Å². The maximum Gasteiger partial charge on any atom is 0.276 e. The van der Waals surface area contributed by atoms with E-state index in [9.17, 15) is 19.5 Å². The number of carbonyl (C=O) groups excluding carboxylic acids is 2. The Balaban J connectivity index is 0.000000445. The molecule has 4 heterocycles. The number of fused-ring (bicyclic) bond motifs is 1. The number of nitrogens with zero attached hydrogens (tertiary/aromatic N) is 5. The standard InChI is InChI=1S/C21H23N5O3S.C4H7NO/c1-12(2)25-9-8-22-26-11-15(18(27)19(28)17(26)21(25)29)20-24-23-16(30-20)10-14-6-4-13(3)5-7-14;6-4-5-2-1-3-5/h4-7,11-12,22,28H,8-10H2,1-3H3;4H,1-3H2. The third-order valence-electron chi connectivity index (χ3n) is 6.12. The first-order chi connectivity index (χ1) is 17.3. The lowest BCUT2D eigenvalue weighted by Gasteiger charge is -2.25. The summed E-state index contributed by atoms with van der Waals surface area (Å²) in [5.74, 6) is -0.957. The van der Waals surface area contributed by atoms with Crippen LogP contribution in [0.3, 0.4) is 0 Å². The first-order valence-electron chi connectivity index (χ1n) is 11.9. The van der Waals surface area contributed by atoms with Crippen LogP contribution in [-0.4, -0.2) is 74.3 Å². The summed E-state index contributed by atoms with van der Waals surface area (Å²) in [5, 5.41) is 20.1. The fraction of sp³-hybridized carbons (Fsp3) is 0.400. The minimum absolute atomic E-state index is 0.0486. The molecule has 1 fully saturated rings. The molecule has 2 aliphatic rings. The molecule has 0 spiro atoms. The van der Waals surface area contributed by atoms with Gasteiger partial charge in [0.25, 0.3) is 5.91 Å². The number of hydrogen-bond acceptors (Lipinski definition) is 8. The van der Waals surface area contributed by atoms with Crippen LogP contribution < -0.4 is 10.9 Å². The van der Waals surface area contributed by atoms with Crippen molar-refractivity contribution in [2.24, 2.45) is 0 Å². The Labute approximate surface area is 213 Å². The lowest BCUT2D eigenvalue weighted by molar-refractivity contribution is -0.121. The molecule has 0 bridgehead atoms. The van der Waals surface area contributed by atoms with Gasteiger partial charge in [0.15, 0.2) is 16.5 Å². The topological polar surface area (TPSA) is 121 Å². The van der Waals surface area contributed by atoms with Gasteiger partial charge in [-0.1, -0.05) is 41.2 Å². The zero-order valence-corrected chi connectivity index (χ0v) is 21.4. The van der Waals surface area contributed by atoms with E-state index in [1.165, 1.54) is 34.2 Å². The van der Waals surface area contributed by atoms with E-state index in [4.69, 9.17) is 0 Å². The molecular formula is C25H30N6O4S. The molecule has 0 radical (unpaired) electrons. The van der Waals surface area contributed by atoms with Gasteiger partial charge in [-0.3, -0.25) is 19.1 Å². The highest BCUT2D eigenvalue weighted by Gasteiger charge is 2.30. The number of benzene rings is 1. The number of nitrogens with one attached hydrogen (secondary N) is 1. The third kappa shape index (κ3) is 5.40. The average molecular weight is 511 g/mol. The van der Waals surface area contributed by atoms with Crippen molar-refractivity contribution in [3.63, 3.8) is 0 Å². The number of likely N-dealkylation sites (tertiary alicyclic amines) is 1. The molecule has 0 saturated carbocycles. The summed E-state index contributed by atoms with van der Waals surface area (Å²) in [6.07, 6.45) is 4.22. The number of hydrogen-bond donors (Lipinski definition) is 2. The number of aromatic hydroxyl groups is 1. The molecule has 1 aromatic carbocycles. The summed E-state index contributed by atoms with van der Waals surface area (Å²) in [5.41, 5.74) is 4.90. The second-order valence-corrected chi connectivity index (χ2v) is 10.2. The molecule has 2 aromatic heterocycles. The van der Waals surface area contributed by atoms with Gasteiger partial charge < -0.3 is 20.3 Å². The van der Waals surface area contributed by atoms with Crippen molar-refractivity contribution in [3.8, 4) is 16.3 Å². The molecule has 2 amide bonds. The fourth-order valence-corrected chi connectivity index (χ4v) is 4.75. The number of amides is 2. The van der Waals surface area contributed by atoms with Crippen molar-refractivity contribution in [2.45, 2.75) is 39.7 Å². The van der Waals surface area contributed by atoms with Crippen molar-refractivity contribution in [1.29, 1.82) is 0 Å². The number of rotatable bonds is 5. The van der Waals surface area contributed by atoms with Gasteiger partial charge in [-0.25, -0.2) is 0 Å². The van der Waals surface area contributed by atoms with Gasteiger partial charge in [0, 0.05) is 44.8 Å². The van der Waals surface area contributed by atoms with Crippen LogP contribution in [0.2, 0.25) is 0 Å². The van der Waals surface area contributed by atoms with Gasteiger partial charge in [0.2, 0.25) is 11.8 Å².